The van der Waals surface area contributed by atoms with Crippen LogP contribution in [0, 0.1) is 0 Å². The highest BCUT2D eigenvalue weighted by Gasteiger charge is 2.63. The van der Waals surface area contributed by atoms with Crippen molar-refractivity contribution in [1.82, 2.24) is 5.32 Å². The predicted molar refractivity (Wildman–Crippen MR) is 80.2 cm³/mol. The van der Waals surface area contributed by atoms with E-state index in [0.717, 1.165) is 0 Å². The monoisotopic (exact) mass is 325 g/mol. The van der Waals surface area contributed by atoms with Crippen molar-refractivity contribution in [2.75, 3.05) is 0 Å². The van der Waals surface area contributed by atoms with Crippen molar-refractivity contribution in [3.05, 3.63) is 30.3 Å². The molecule has 0 spiro atoms. The van der Waals surface area contributed by atoms with Gasteiger partial charge in [-0.1, -0.05) is 18.2 Å². The molecule has 0 saturated heterocycles. The standard InChI is InChI=1S/C15H19NO5S/c1-14(2,3)21-13(18)16-15(10-17)9-12(15)22(19,20)11-7-5-4-6-8-11/h4-8,10,12H,9H2,1-3H3,(H,16,18)/t12-,15+/m0/s1. The van der Waals surface area contributed by atoms with E-state index in [-0.39, 0.29) is 11.3 Å². The lowest BCUT2D eigenvalue weighted by molar-refractivity contribution is -0.110. The molecule has 0 unspecified atom stereocenters. The second-order valence-electron chi connectivity index (χ2n) is 6.34. The van der Waals surface area contributed by atoms with Crippen LogP contribution in [0.1, 0.15) is 27.2 Å². The minimum absolute atomic E-state index is 0.0486. The number of hydrogen-bond donors (Lipinski definition) is 1. The number of aldehydes is 1. The van der Waals surface area contributed by atoms with E-state index in [9.17, 15) is 18.0 Å². The van der Waals surface area contributed by atoms with E-state index < -0.39 is 32.3 Å². The van der Waals surface area contributed by atoms with Crippen molar-refractivity contribution in [2.45, 2.75) is 48.5 Å². The molecule has 1 fully saturated rings. The summed E-state index contributed by atoms with van der Waals surface area (Å²) >= 11 is 0. The van der Waals surface area contributed by atoms with E-state index in [4.69, 9.17) is 4.74 Å². The number of nitrogens with one attached hydrogen (secondary N) is 1. The molecule has 120 valence electrons. The largest absolute Gasteiger partial charge is 0.444 e. The quantitative estimate of drug-likeness (QED) is 0.851. The van der Waals surface area contributed by atoms with Gasteiger partial charge < -0.3 is 14.8 Å². The Kier molecular flexibility index (Phi) is 4.04. The van der Waals surface area contributed by atoms with Gasteiger partial charge in [-0.15, -0.1) is 0 Å². The van der Waals surface area contributed by atoms with Crippen LogP contribution in [0.2, 0.25) is 0 Å². The van der Waals surface area contributed by atoms with Crippen LogP contribution in [0.3, 0.4) is 0 Å². The van der Waals surface area contributed by atoms with Crippen LogP contribution in [0.15, 0.2) is 35.2 Å². The maximum Gasteiger partial charge on any atom is 0.408 e. The molecule has 2 atom stereocenters. The number of hydrogen-bond acceptors (Lipinski definition) is 5. The van der Waals surface area contributed by atoms with Crippen LogP contribution in [-0.2, 0) is 19.4 Å². The number of carbonyl (C=O) groups is 2. The fourth-order valence-corrected chi connectivity index (χ4v) is 4.22. The molecule has 0 aromatic heterocycles. The normalized spacial score (nSPS) is 24.4. The Morgan fingerprint density at radius 2 is 1.91 bits per heavy atom. The molecule has 22 heavy (non-hydrogen) atoms. The predicted octanol–water partition coefficient (Wildman–Crippen LogP) is 1.70. The summed E-state index contributed by atoms with van der Waals surface area (Å²) in [5.74, 6) is 0. The molecule has 6 nitrogen and oxygen atoms in total. The summed E-state index contributed by atoms with van der Waals surface area (Å²) in [7, 11) is -3.68. The lowest BCUT2D eigenvalue weighted by Gasteiger charge is -2.21. The summed E-state index contributed by atoms with van der Waals surface area (Å²) in [6.45, 7) is 5.06. The fraction of sp³-hybridized carbons (Fsp3) is 0.467. The maximum atomic E-state index is 12.5. The SMILES string of the molecule is CC(C)(C)OC(=O)N[C@@]1(C=O)C[C@@H]1S(=O)(=O)c1ccccc1. The van der Waals surface area contributed by atoms with E-state index in [1.807, 2.05) is 0 Å². The molecule has 7 heteroatoms. The Morgan fingerprint density at radius 1 is 1.32 bits per heavy atom. The Hall–Kier alpha value is -1.89. The van der Waals surface area contributed by atoms with E-state index in [1.54, 1.807) is 39.0 Å². The molecule has 2 rings (SSSR count). The van der Waals surface area contributed by atoms with Gasteiger partial charge in [-0.2, -0.15) is 0 Å². The first-order valence-corrected chi connectivity index (χ1v) is 8.42. The van der Waals surface area contributed by atoms with E-state index in [1.165, 1.54) is 12.1 Å². The third-order valence-electron chi connectivity index (χ3n) is 3.33. The van der Waals surface area contributed by atoms with Gasteiger partial charge in [0.15, 0.2) is 9.84 Å². The Bertz CT molecular complexity index is 678. The molecule has 1 aromatic rings. The Balaban J connectivity index is 2.16. The first kappa shape index (κ1) is 16.5. The minimum atomic E-state index is -3.68. The molecule has 1 aromatic carbocycles. The lowest BCUT2D eigenvalue weighted by atomic mass is 10.2. The molecular weight excluding hydrogens is 306 g/mol. The van der Waals surface area contributed by atoms with Gasteiger partial charge in [-0.3, -0.25) is 0 Å². The van der Waals surface area contributed by atoms with Crippen molar-refractivity contribution in [3.8, 4) is 0 Å². The van der Waals surface area contributed by atoms with Crippen molar-refractivity contribution >= 4 is 22.2 Å². The fourth-order valence-electron chi connectivity index (χ4n) is 2.19. The van der Waals surface area contributed by atoms with E-state index in [2.05, 4.69) is 5.32 Å². The molecule has 1 amide bonds. The van der Waals surface area contributed by atoms with Gasteiger partial charge in [-0.05, 0) is 39.3 Å². The number of carbonyl (C=O) groups excluding carboxylic acids is 2. The van der Waals surface area contributed by atoms with Gasteiger partial charge in [0.2, 0.25) is 0 Å². The zero-order chi connectivity index (χ0) is 16.6. The summed E-state index contributed by atoms with van der Waals surface area (Å²) in [5, 5.41) is 1.43. The van der Waals surface area contributed by atoms with Crippen LogP contribution in [0.5, 0.6) is 0 Å². The highest BCUT2D eigenvalue weighted by atomic mass is 32.2. The lowest BCUT2D eigenvalue weighted by Crippen LogP contribution is -2.45. The smallest absolute Gasteiger partial charge is 0.408 e. The van der Waals surface area contributed by atoms with Crippen LogP contribution in [0.25, 0.3) is 0 Å². The topological polar surface area (TPSA) is 89.5 Å². The maximum absolute atomic E-state index is 12.5. The molecular formula is C15H19NO5S. The number of rotatable bonds is 4. The summed E-state index contributed by atoms with van der Waals surface area (Å²) in [5.41, 5.74) is -2.13. The number of amides is 1. The second-order valence-corrected chi connectivity index (χ2v) is 8.47. The third-order valence-corrected chi connectivity index (χ3v) is 5.59. The molecule has 1 saturated carbocycles. The van der Waals surface area contributed by atoms with Crippen molar-refractivity contribution in [1.29, 1.82) is 0 Å². The summed E-state index contributed by atoms with van der Waals surface area (Å²) in [6, 6.07) is 7.86. The van der Waals surface area contributed by atoms with Gasteiger partial charge >= 0.3 is 6.09 Å². The Labute approximate surface area is 129 Å². The van der Waals surface area contributed by atoms with Crippen molar-refractivity contribution in [3.63, 3.8) is 0 Å². The number of alkyl carbamates (subject to hydrolysis) is 1. The number of ether oxygens (including phenoxy) is 1. The highest BCUT2D eigenvalue weighted by Crippen LogP contribution is 2.43. The molecule has 0 heterocycles. The highest BCUT2D eigenvalue weighted by molar-refractivity contribution is 7.92. The van der Waals surface area contributed by atoms with Gasteiger partial charge in [0, 0.05) is 0 Å². The van der Waals surface area contributed by atoms with Gasteiger partial charge in [0.25, 0.3) is 0 Å². The van der Waals surface area contributed by atoms with Gasteiger partial charge in [0.1, 0.15) is 17.4 Å². The zero-order valence-corrected chi connectivity index (χ0v) is 13.5. The molecule has 0 bridgehead atoms. The van der Waals surface area contributed by atoms with Crippen LogP contribution < -0.4 is 5.32 Å². The van der Waals surface area contributed by atoms with E-state index in [0.29, 0.717) is 6.29 Å². The molecule has 1 N–H and O–H groups in total. The average molecular weight is 325 g/mol. The van der Waals surface area contributed by atoms with E-state index >= 15 is 0 Å². The van der Waals surface area contributed by atoms with Gasteiger partial charge in [0.05, 0.1) is 10.1 Å². The number of sulfone groups is 1. The van der Waals surface area contributed by atoms with Crippen LogP contribution >= 0.6 is 0 Å². The summed E-state index contributed by atoms with van der Waals surface area (Å²) < 4.78 is 30.0. The minimum Gasteiger partial charge on any atom is -0.444 e. The van der Waals surface area contributed by atoms with Crippen LogP contribution in [-0.4, -0.2) is 37.2 Å². The van der Waals surface area contributed by atoms with Crippen LogP contribution in [0.4, 0.5) is 4.79 Å². The Morgan fingerprint density at radius 3 is 2.41 bits per heavy atom. The summed E-state index contributed by atoms with van der Waals surface area (Å²) in [6.07, 6.45) is -0.278. The van der Waals surface area contributed by atoms with Crippen molar-refractivity contribution in [2.24, 2.45) is 0 Å². The zero-order valence-electron chi connectivity index (χ0n) is 12.7. The molecule has 0 radical (unpaired) electrons. The molecule has 1 aliphatic carbocycles. The first-order valence-electron chi connectivity index (χ1n) is 6.87. The van der Waals surface area contributed by atoms with Gasteiger partial charge in [-0.25, -0.2) is 13.2 Å². The number of benzene rings is 1. The third kappa shape index (κ3) is 3.30. The average Bonchev–Trinajstić information content (AvgIpc) is 3.13. The van der Waals surface area contributed by atoms with Crippen molar-refractivity contribution < 1.29 is 22.7 Å². The second kappa shape index (κ2) is 5.39. The molecule has 0 aliphatic heterocycles. The first-order chi connectivity index (χ1) is 10.1. The molecule has 1 aliphatic rings. The summed E-state index contributed by atoms with van der Waals surface area (Å²) in [4.78, 5) is 23.3.